The van der Waals surface area contributed by atoms with Crippen LogP contribution in [0.2, 0.25) is 0 Å². The molecule has 11 heteroatoms. The van der Waals surface area contributed by atoms with E-state index in [9.17, 15) is 31.1 Å². The number of carbonyl (C=O) groups excluding carboxylic acids is 1. The maximum absolute atomic E-state index is 14.9. The summed E-state index contributed by atoms with van der Waals surface area (Å²) in [6, 6.07) is 2.53. The molecule has 0 aliphatic heterocycles. The lowest BCUT2D eigenvalue weighted by Gasteiger charge is -2.36. The zero-order valence-corrected chi connectivity index (χ0v) is 25.3. The Morgan fingerprint density at radius 3 is 2.00 bits per heavy atom. The summed E-state index contributed by atoms with van der Waals surface area (Å²) in [6.07, 6.45) is 5.53. The van der Waals surface area contributed by atoms with Crippen LogP contribution in [-0.4, -0.2) is 37.3 Å². The van der Waals surface area contributed by atoms with E-state index in [1.807, 2.05) is 0 Å². The third-order valence-electron chi connectivity index (χ3n) is 9.15. The van der Waals surface area contributed by atoms with E-state index in [4.69, 9.17) is 14.2 Å². The largest absolute Gasteiger partial charge is 0.573 e. The molecule has 0 saturated heterocycles. The lowest BCUT2D eigenvalue weighted by molar-refractivity contribution is -0.302. The molecule has 0 unspecified atom stereocenters. The maximum Gasteiger partial charge on any atom is 0.573 e. The molecule has 0 aromatic heterocycles. The van der Waals surface area contributed by atoms with Crippen molar-refractivity contribution in [3.8, 4) is 11.5 Å². The molecule has 0 amide bonds. The number of ether oxygens (including phenoxy) is 4. The molecule has 44 heavy (non-hydrogen) atoms. The van der Waals surface area contributed by atoms with E-state index in [0.29, 0.717) is 70.0 Å². The smallest absolute Gasteiger partial charge is 0.426 e. The minimum atomic E-state index is -5.03. The minimum absolute atomic E-state index is 0.0850. The fraction of sp³-hybridized carbons (Fsp3) is 0.727. The van der Waals surface area contributed by atoms with E-state index in [1.165, 1.54) is 0 Å². The number of hydrogen-bond donors (Lipinski definition) is 0. The molecule has 3 aliphatic carbocycles. The van der Waals surface area contributed by atoms with E-state index < -0.39 is 42.0 Å². The summed E-state index contributed by atoms with van der Waals surface area (Å²) in [5.41, 5.74) is 0. The van der Waals surface area contributed by atoms with Crippen LogP contribution in [0.4, 0.5) is 26.3 Å². The van der Waals surface area contributed by atoms with Gasteiger partial charge in [-0.15, -0.1) is 13.2 Å². The number of benzene rings is 1. The predicted molar refractivity (Wildman–Crippen MR) is 152 cm³/mol. The van der Waals surface area contributed by atoms with E-state index in [0.717, 1.165) is 50.7 Å². The van der Waals surface area contributed by atoms with Gasteiger partial charge in [-0.05, 0) is 107 Å². The quantitative estimate of drug-likeness (QED) is 0.0754. The maximum atomic E-state index is 14.9. The fourth-order valence-corrected chi connectivity index (χ4v) is 6.49. The lowest BCUT2D eigenvalue weighted by Crippen LogP contribution is -2.40. The Hall–Kier alpha value is -2.27. The highest BCUT2D eigenvalue weighted by Crippen LogP contribution is 2.41. The van der Waals surface area contributed by atoms with Crippen LogP contribution in [0.1, 0.15) is 96.8 Å². The zero-order chi connectivity index (χ0) is 31.7. The number of carbonyl (C=O) groups is 1. The molecule has 4 rings (SSSR count). The zero-order valence-electron chi connectivity index (χ0n) is 25.3. The first kappa shape index (κ1) is 34.6. The van der Waals surface area contributed by atoms with E-state index in [-0.39, 0.29) is 23.7 Å². The SMILES string of the molecule is CCCCOC1CCC(C(F)(F)OC2CCC(/C=C/C3CCC(C(=O)Oc4ccc(OC(F)(F)F)c(F)c4)CC3)CC2)CC1. The van der Waals surface area contributed by atoms with Crippen LogP contribution in [0, 0.1) is 29.5 Å². The van der Waals surface area contributed by atoms with Crippen LogP contribution in [0.5, 0.6) is 11.5 Å². The van der Waals surface area contributed by atoms with Crippen molar-refractivity contribution in [1.29, 1.82) is 0 Å². The number of halogens is 6. The van der Waals surface area contributed by atoms with Crippen molar-refractivity contribution in [1.82, 2.24) is 0 Å². The van der Waals surface area contributed by atoms with Gasteiger partial charge in [-0.25, -0.2) is 4.39 Å². The summed E-state index contributed by atoms with van der Waals surface area (Å²) in [5, 5.41) is 0. The molecular formula is C33H44F6O5. The van der Waals surface area contributed by atoms with E-state index in [2.05, 4.69) is 23.8 Å². The summed E-state index contributed by atoms with van der Waals surface area (Å²) in [6.45, 7) is 2.80. The first-order valence-corrected chi connectivity index (χ1v) is 16.0. The Bertz CT molecular complexity index is 1070. The van der Waals surface area contributed by atoms with Crippen LogP contribution in [0.25, 0.3) is 0 Å². The Kier molecular flexibility index (Phi) is 12.4. The van der Waals surface area contributed by atoms with Gasteiger partial charge in [-0.3, -0.25) is 4.79 Å². The van der Waals surface area contributed by atoms with Crippen molar-refractivity contribution in [3.63, 3.8) is 0 Å². The number of esters is 1. The van der Waals surface area contributed by atoms with Crippen LogP contribution >= 0.6 is 0 Å². The Labute approximate surface area is 255 Å². The number of alkyl halides is 5. The van der Waals surface area contributed by atoms with Crippen LogP contribution in [-0.2, 0) is 14.3 Å². The predicted octanol–water partition coefficient (Wildman–Crippen LogP) is 9.54. The van der Waals surface area contributed by atoms with E-state index >= 15 is 0 Å². The Morgan fingerprint density at radius 1 is 0.841 bits per heavy atom. The molecule has 248 valence electrons. The normalized spacial score (nSPS) is 28.6. The molecule has 3 aliphatic rings. The minimum Gasteiger partial charge on any atom is -0.426 e. The van der Waals surface area contributed by atoms with Gasteiger partial charge in [0.05, 0.1) is 24.0 Å². The topological polar surface area (TPSA) is 54.0 Å². The Morgan fingerprint density at radius 2 is 1.43 bits per heavy atom. The third kappa shape index (κ3) is 10.7. The molecule has 5 nitrogen and oxygen atoms in total. The van der Waals surface area contributed by atoms with Gasteiger partial charge in [0.1, 0.15) is 5.75 Å². The first-order chi connectivity index (χ1) is 20.9. The average Bonchev–Trinajstić information content (AvgIpc) is 2.98. The number of unbranched alkanes of at least 4 members (excludes halogenated alkanes) is 1. The van der Waals surface area contributed by atoms with Gasteiger partial charge in [0, 0.05) is 12.7 Å². The molecule has 0 spiro atoms. The van der Waals surface area contributed by atoms with Crippen molar-refractivity contribution >= 4 is 5.97 Å². The number of allylic oxidation sites excluding steroid dienone is 2. The summed E-state index contributed by atoms with van der Waals surface area (Å²) >= 11 is 0. The summed E-state index contributed by atoms with van der Waals surface area (Å²) in [4.78, 5) is 12.6. The fourth-order valence-electron chi connectivity index (χ4n) is 6.49. The van der Waals surface area contributed by atoms with Crippen molar-refractivity contribution in [2.75, 3.05) is 6.61 Å². The van der Waals surface area contributed by atoms with Crippen molar-refractivity contribution in [2.24, 2.45) is 23.7 Å². The standard InChI is InChI=1S/C33H44F6O5/c1-2-3-20-41-26-16-12-25(13-17-26)32(35,36)43-27-14-8-23(9-15-27)5-4-22-6-10-24(11-7-22)31(40)42-28-18-19-30(29(34)21-28)44-33(37,38)39/h4-5,18-19,21-27H,2-3,6-17,20H2,1H3/b5-4+. The van der Waals surface area contributed by atoms with Gasteiger partial charge < -0.3 is 18.9 Å². The van der Waals surface area contributed by atoms with E-state index in [1.54, 1.807) is 0 Å². The summed E-state index contributed by atoms with van der Waals surface area (Å²) in [5.74, 6) is -3.53. The van der Waals surface area contributed by atoms with Crippen LogP contribution < -0.4 is 9.47 Å². The van der Waals surface area contributed by atoms with Crippen molar-refractivity contribution < 1.29 is 50.1 Å². The van der Waals surface area contributed by atoms with Crippen molar-refractivity contribution in [3.05, 3.63) is 36.2 Å². The van der Waals surface area contributed by atoms with Crippen LogP contribution in [0.3, 0.4) is 0 Å². The number of hydrogen-bond acceptors (Lipinski definition) is 5. The molecule has 3 saturated carbocycles. The summed E-state index contributed by atoms with van der Waals surface area (Å²) in [7, 11) is 0. The highest BCUT2D eigenvalue weighted by molar-refractivity contribution is 5.75. The molecule has 1 aromatic rings. The molecule has 0 radical (unpaired) electrons. The van der Waals surface area contributed by atoms with Crippen molar-refractivity contribution in [2.45, 2.75) is 121 Å². The molecule has 0 atom stereocenters. The van der Waals surface area contributed by atoms with Crippen LogP contribution in [0.15, 0.2) is 30.4 Å². The molecule has 0 heterocycles. The second kappa shape index (κ2) is 15.8. The van der Waals surface area contributed by atoms with Gasteiger partial charge >= 0.3 is 18.4 Å². The van der Waals surface area contributed by atoms with Gasteiger partial charge in [0.25, 0.3) is 0 Å². The monoisotopic (exact) mass is 634 g/mol. The number of rotatable bonds is 12. The molecule has 0 N–H and O–H groups in total. The molecule has 3 fully saturated rings. The highest BCUT2D eigenvalue weighted by Gasteiger charge is 2.45. The lowest BCUT2D eigenvalue weighted by atomic mass is 9.80. The summed E-state index contributed by atoms with van der Waals surface area (Å²) < 4.78 is 101. The van der Waals surface area contributed by atoms with Gasteiger partial charge in [-0.2, -0.15) is 8.78 Å². The van der Waals surface area contributed by atoms with Gasteiger partial charge in [0.2, 0.25) is 0 Å². The second-order valence-corrected chi connectivity index (χ2v) is 12.5. The third-order valence-corrected chi connectivity index (χ3v) is 9.15. The average molecular weight is 635 g/mol. The van der Waals surface area contributed by atoms with Gasteiger partial charge in [-0.1, -0.05) is 25.5 Å². The first-order valence-electron chi connectivity index (χ1n) is 16.0. The highest BCUT2D eigenvalue weighted by atomic mass is 19.4. The molecule has 1 aromatic carbocycles. The second-order valence-electron chi connectivity index (χ2n) is 12.5. The molecular weight excluding hydrogens is 590 g/mol. The molecule has 0 bridgehead atoms. The Balaban J connectivity index is 1.13. The van der Waals surface area contributed by atoms with Gasteiger partial charge in [0.15, 0.2) is 11.6 Å².